The Morgan fingerprint density at radius 2 is 1.04 bits per heavy atom. The molecule has 0 heterocycles. The Bertz CT molecular complexity index is 741. The summed E-state index contributed by atoms with van der Waals surface area (Å²) in [5, 5.41) is 43.8. The molecule has 0 radical (unpaired) electrons. The molecule has 0 unspecified atom stereocenters. The average molecular weight is 386 g/mol. The van der Waals surface area contributed by atoms with Gasteiger partial charge in [0.1, 0.15) is 0 Å². The van der Waals surface area contributed by atoms with E-state index in [9.17, 15) is 20.4 Å². The van der Waals surface area contributed by atoms with Crippen LogP contribution in [0.4, 0.5) is 0 Å². The van der Waals surface area contributed by atoms with E-state index in [4.69, 9.17) is 0 Å². The van der Waals surface area contributed by atoms with Crippen LogP contribution in [0.5, 0.6) is 23.0 Å². The molecule has 2 aromatic carbocycles. The number of nitrogens with one attached hydrogen (secondary N) is 2. The van der Waals surface area contributed by atoms with Crippen molar-refractivity contribution in [3.05, 3.63) is 47.5 Å². The molecule has 0 aliphatic heterocycles. The van der Waals surface area contributed by atoms with E-state index in [1.807, 2.05) is 0 Å². The van der Waals surface area contributed by atoms with E-state index in [-0.39, 0.29) is 23.0 Å². The van der Waals surface area contributed by atoms with Crippen LogP contribution in [0, 0.1) is 0 Å². The van der Waals surface area contributed by atoms with Gasteiger partial charge in [0.25, 0.3) is 0 Å². The van der Waals surface area contributed by atoms with E-state index in [1.165, 1.54) is 24.3 Å². The van der Waals surface area contributed by atoms with Crippen molar-refractivity contribution in [2.75, 3.05) is 39.3 Å². The zero-order chi connectivity index (χ0) is 20.2. The highest BCUT2D eigenvalue weighted by Gasteiger charge is 1.98. The Balaban J connectivity index is 1.48. The van der Waals surface area contributed by atoms with Crippen molar-refractivity contribution < 1.29 is 20.4 Å². The number of rotatable bonds is 11. The summed E-state index contributed by atoms with van der Waals surface area (Å²) in [7, 11) is 0. The molecule has 2 rings (SSSR count). The van der Waals surface area contributed by atoms with E-state index < -0.39 is 0 Å². The van der Waals surface area contributed by atoms with Crippen LogP contribution in [0.25, 0.3) is 0 Å². The lowest BCUT2D eigenvalue weighted by molar-refractivity contribution is 0.403. The summed E-state index contributed by atoms with van der Waals surface area (Å²) in [6.07, 6.45) is 3.32. The van der Waals surface area contributed by atoms with E-state index >= 15 is 0 Å². The first-order valence-corrected chi connectivity index (χ1v) is 9.01. The summed E-state index contributed by atoms with van der Waals surface area (Å²) < 4.78 is 0. The minimum absolute atomic E-state index is 0.142. The number of benzene rings is 2. The molecule has 28 heavy (non-hydrogen) atoms. The molecule has 0 atom stereocenters. The van der Waals surface area contributed by atoms with E-state index in [0.29, 0.717) is 13.1 Å². The van der Waals surface area contributed by atoms with Crippen LogP contribution in [0.3, 0.4) is 0 Å². The molecule has 0 aliphatic carbocycles. The van der Waals surface area contributed by atoms with Crippen molar-refractivity contribution in [2.24, 2.45) is 9.98 Å². The maximum absolute atomic E-state index is 9.40. The Morgan fingerprint density at radius 1 is 0.607 bits per heavy atom. The maximum Gasteiger partial charge on any atom is 0.158 e. The lowest BCUT2D eigenvalue weighted by Gasteiger charge is -2.04. The van der Waals surface area contributed by atoms with Crippen molar-refractivity contribution in [1.29, 1.82) is 0 Å². The third-order valence-corrected chi connectivity index (χ3v) is 3.79. The van der Waals surface area contributed by atoms with Crippen LogP contribution >= 0.6 is 0 Å². The summed E-state index contributed by atoms with van der Waals surface area (Å²) >= 11 is 0. The highest BCUT2D eigenvalue weighted by atomic mass is 16.3. The van der Waals surface area contributed by atoms with Crippen LogP contribution in [0.1, 0.15) is 11.1 Å². The van der Waals surface area contributed by atoms with Crippen molar-refractivity contribution in [3.63, 3.8) is 0 Å². The lowest BCUT2D eigenvalue weighted by atomic mass is 10.2. The molecule has 0 amide bonds. The molecule has 0 saturated heterocycles. The second-order valence-electron chi connectivity index (χ2n) is 6.07. The molecular weight excluding hydrogens is 360 g/mol. The molecule has 0 aromatic heterocycles. The average Bonchev–Trinajstić information content (AvgIpc) is 2.68. The van der Waals surface area contributed by atoms with Gasteiger partial charge < -0.3 is 31.1 Å². The minimum atomic E-state index is -0.154. The molecule has 0 aliphatic rings. The zero-order valence-corrected chi connectivity index (χ0v) is 15.5. The van der Waals surface area contributed by atoms with Gasteiger partial charge >= 0.3 is 0 Å². The van der Waals surface area contributed by atoms with Gasteiger partial charge in [0.15, 0.2) is 23.0 Å². The summed E-state index contributed by atoms with van der Waals surface area (Å²) in [5.74, 6) is -0.592. The molecule has 0 spiro atoms. The number of hydrogen-bond acceptors (Lipinski definition) is 8. The SMILES string of the molecule is Oc1ccc(C=NCCNCCNCCN=Cc2ccc(O)c(O)c2)cc1O. The van der Waals surface area contributed by atoms with Gasteiger partial charge in [0.2, 0.25) is 0 Å². The summed E-state index contributed by atoms with van der Waals surface area (Å²) in [6, 6.07) is 9.15. The van der Waals surface area contributed by atoms with Crippen molar-refractivity contribution in [3.8, 4) is 23.0 Å². The van der Waals surface area contributed by atoms with Crippen molar-refractivity contribution >= 4 is 12.4 Å². The van der Waals surface area contributed by atoms with Crippen LogP contribution < -0.4 is 10.6 Å². The molecule has 150 valence electrons. The topological polar surface area (TPSA) is 130 Å². The quantitative estimate of drug-likeness (QED) is 0.196. The molecule has 8 heteroatoms. The molecule has 0 saturated carbocycles. The second-order valence-corrected chi connectivity index (χ2v) is 6.07. The molecule has 6 N–H and O–H groups in total. The highest BCUT2D eigenvalue weighted by Crippen LogP contribution is 2.24. The number of nitrogens with zero attached hydrogens (tertiary/aromatic N) is 2. The molecule has 0 bridgehead atoms. The van der Waals surface area contributed by atoms with Crippen molar-refractivity contribution in [2.45, 2.75) is 0 Å². The van der Waals surface area contributed by atoms with Gasteiger partial charge in [-0.15, -0.1) is 0 Å². The van der Waals surface area contributed by atoms with Crippen LogP contribution in [-0.2, 0) is 0 Å². The van der Waals surface area contributed by atoms with Gasteiger partial charge in [-0.2, -0.15) is 0 Å². The molecular formula is C20H26N4O4. The van der Waals surface area contributed by atoms with Crippen molar-refractivity contribution in [1.82, 2.24) is 10.6 Å². The fourth-order valence-electron chi connectivity index (χ4n) is 2.30. The number of aromatic hydroxyl groups is 4. The fourth-order valence-corrected chi connectivity index (χ4v) is 2.30. The van der Waals surface area contributed by atoms with Gasteiger partial charge in [-0.3, -0.25) is 9.98 Å². The van der Waals surface area contributed by atoms with E-state index in [1.54, 1.807) is 24.6 Å². The Labute approximate surface area is 163 Å². The van der Waals surface area contributed by atoms with Gasteiger partial charge in [-0.05, 0) is 47.5 Å². The third-order valence-electron chi connectivity index (χ3n) is 3.79. The van der Waals surface area contributed by atoms with Crippen LogP contribution in [0.2, 0.25) is 0 Å². The summed E-state index contributed by atoms with van der Waals surface area (Å²) in [5.41, 5.74) is 1.47. The standard InChI is InChI=1S/C20H26N4O4/c25-17-3-1-15(11-19(17)27)13-23-9-7-21-5-6-22-8-10-24-14-16-2-4-18(26)20(28)12-16/h1-4,11-14,21-22,25-28H,5-10H2. The summed E-state index contributed by atoms with van der Waals surface area (Å²) in [4.78, 5) is 8.52. The monoisotopic (exact) mass is 386 g/mol. The molecule has 8 nitrogen and oxygen atoms in total. The van der Waals surface area contributed by atoms with Crippen LogP contribution in [0.15, 0.2) is 46.4 Å². The predicted molar refractivity (Wildman–Crippen MR) is 110 cm³/mol. The number of phenols is 4. The Morgan fingerprint density at radius 3 is 1.43 bits per heavy atom. The van der Waals surface area contributed by atoms with Gasteiger partial charge in [-0.25, -0.2) is 0 Å². The van der Waals surface area contributed by atoms with Gasteiger partial charge in [0.05, 0.1) is 13.1 Å². The molecule has 0 fully saturated rings. The van der Waals surface area contributed by atoms with Gasteiger partial charge in [0, 0.05) is 38.6 Å². The Kier molecular flexibility index (Phi) is 8.77. The number of phenolic OH excluding ortho intramolecular Hbond substituents is 4. The van der Waals surface area contributed by atoms with E-state index in [2.05, 4.69) is 20.6 Å². The third kappa shape index (κ3) is 7.65. The number of hydrogen-bond donors (Lipinski definition) is 6. The number of aliphatic imine (C=N–C) groups is 2. The first kappa shape index (κ1) is 21.2. The maximum atomic E-state index is 9.40. The van der Waals surface area contributed by atoms with E-state index in [0.717, 1.165) is 37.3 Å². The highest BCUT2D eigenvalue weighted by molar-refractivity contribution is 5.81. The second kappa shape index (κ2) is 11.6. The minimum Gasteiger partial charge on any atom is -0.504 e. The predicted octanol–water partition coefficient (Wildman–Crippen LogP) is 1.23. The fraction of sp³-hybridized carbons (Fsp3) is 0.300. The molecule has 2 aromatic rings. The largest absolute Gasteiger partial charge is 0.504 e. The first-order chi connectivity index (χ1) is 13.6. The van der Waals surface area contributed by atoms with Gasteiger partial charge in [-0.1, -0.05) is 0 Å². The zero-order valence-electron chi connectivity index (χ0n) is 15.5. The Hall–Kier alpha value is -3.10. The van der Waals surface area contributed by atoms with Crippen LogP contribution in [-0.4, -0.2) is 72.1 Å². The smallest absolute Gasteiger partial charge is 0.158 e. The normalized spacial score (nSPS) is 11.6. The summed E-state index contributed by atoms with van der Waals surface area (Å²) in [6.45, 7) is 4.34. The lowest BCUT2D eigenvalue weighted by Crippen LogP contribution is -2.30. The first-order valence-electron chi connectivity index (χ1n) is 9.01.